The third-order valence-electron chi connectivity index (χ3n) is 5.08. The first-order chi connectivity index (χ1) is 16.4. The van der Waals surface area contributed by atoms with Gasteiger partial charge in [0, 0.05) is 16.3 Å². The van der Waals surface area contributed by atoms with E-state index < -0.39 is 5.91 Å². The maximum atomic E-state index is 12.7. The summed E-state index contributed by atoms with van der Waals surface area (Å²) in [6, 6.07) is 25.7. The van der Waals surface area contributed by atoms with Crippen LogP contribution in [0, 0.1) is 11.3 Å². The number of nitriles is 1. The molecule has 0 aliphatic heterocycles. The Kier molecular flexibility index (Phi) is 7.40. The van der Waals surface area contributed by atoms with Crippen LogP contribution in [0.15, 0.2) is 84.4 Å². The molecular weight excluding hydrogens is 491 g/mol. The van der Waals surface area contributed by atoms with Gasteiger partial charge in [-0.1, -0.05) is 77.3 Å². The Bertz CT molecular complexity index is 1450. The zero-order valence-corrected chi connectivity index (χ0v) is 20.0. The molecule has 0 atom stereocenters. The van der Waals surface area contributed by atoms with Crippen LogP contribution in [0.1, 0.15) is 11.1 Å². The Morgan fingerprint density at radius 1 is 0.941 bits per heavy atom. The standard InChI is InChI=1S/C27H17Cl3N2O2/c28-21-8-11-26(34-16-18-6-3-5-17-4-1-2-7-23(17)18)19(13-21)12-20(15-31)27(33)32-22-9-10-24(29)25(30)14-22/h1-14H,16H2,(H,32,33)/b20-12+. The third-order valence-corrected chi connectivity index (χ3v) is 6.05. The van der Waals surface area contributed by atoms with Crippen molar-refractivity contribution in [2.24, 2.45) is 0 Å². The predicted octanol–water partition coefficient (Wildman–Crippen LogP) is 7.92. The van der Waals surface area contributed by atoms with Crippen LogP contribution in [-0.2, 0) is 11.4 Å². The average molecular weight is 508 g/mol. The van der Waals surface area contributed by atoms with Gasteiger partial charge in [0.15, 0.2) is 0 Å². The van der Waals surface area contributed by atoms with E-state index in [2.05, 4.69) is 5.32 Å². The molecule has 7 heteroatoms. The molecule has 0 radical (unpaired) electrons. The number of hydrogen-bond donors (Lipinski definition) is 1. The summed E-state index contributed by atoms with van der Waals surface area (Å²) in [5.74, 6) is -0.103. The van der Waals surface area contributed by atoms with Gasteiger partial charge in [-0.2, -0.15) is 5.26 Å². The van der Waals surface area contributed by atoms with Gasteiger partial charge in [-0.05, 0) is 58.8 Å². The van der Waals surface area contributed by atoms with Crippen LogP contribution in [0.2, 0.25) is 15.1 Å². The van der Waals surface area contributed by atoms with Gasteiger partial charge in [-0.3, -0.25) is 4.79 Å². The van der Waals surface area contributed by atoms with Crippen molar-refractivity contribution in [3.05, 3.63) is 111 Å². The molecule has 0 bridgehead atoms. The van der Waals surface area contributed by atoms with E-state index in [1.54, 1.807) is 30.3 Å². The van der Waals surface area contributed by atoms with Crippen LogP contribution in [-0.4, -0.2) is 5.91 Å². The summed E-state index contributed by atoms with van der Waals surface area (Å²) in [7, 11) is 0. The van der Waals surface area contributed by atoms with Crippen molar-refractivity contribution in [1.82, 2.24) is 0 Å². The molecule has 0 saturated heterocycles. The van der Waals surface area contributed by atoms with Crippen molar-refractivity contribution < 1.29 is 9.53 Å². The molecule has 0 unspecified atom stereocenters. The molecule has 0 heterocycles. The number of rotatable bonds is 6. The minimum absolute atomic E-state index is 0.122. The second kappa shape index (κ2) is 10.6. The zero-order valence-electron chi connectivity index (χ0n) is 17.7. The molecule has 0 aromatic heterocycles. The quantitative estimate of drug-likeness (QED) is 0.213. The summed E-state index contributed by atoms with van der Waals surface area (Å²) in [6.07, 6.45) is 1.44. The second-order valence-electron chi connectivity index (χ2n) is 7.36. The third kappa shape index (κ3) is 5.52. The Labute approximate surface area is 211 Å². The van der Waals surface area contributed by atoms with Gasteiger partial charge >= 0.3 is 0 Å². The van der Waals surface area contributed by atoms with Crippen molar-refractivity contribution in [2.45, 2.75) is 6.61 Å². The van der Waals surface area contributed by atoms with Gasteiger partial charge in [0.1, 0.15) is 24.0 Å². The highest BCUT2D eigenvalue weighted by Crippen LogP contribution is 2.29. The van der Waals surface area contributed by atoms with E-state index in [9.17, 15) is 10.1 Å². The van der Waals surface area contributed by atoms with E-state index in [-0.39, 0.29) is 5.57 Å². The summed E-state index contributed by atoms with van der Waals surface area (Å²) < 4.78 is 6.08. The van der Waals surface area contributed by atoms with E-state index in [1.165, 1.54) is 12.1 Å². The summed E-state index contributed by atoms with van der Waals surface area (Å²) in [5, 5.41) is 15.6. The summed E-state index contributed by atoms with van der Waals surface area (Å²) in [6.45, 7) is 0.307. The van der Waals surface area contributed by atoms with E-state index >= 15 is 0 Å². The van der Waals surface area contributed by atoms with E-state index in [1.807, 2.05) is 48.5 Å². The molecule has 4 aromatic carbocycles. The van der Waals surface area contributed by atoms with Gasteiger partial charge in [0.25, 0.3) is 5.91 Å². The fourth-order valence-electron chi connectivity index (χ4n) is 3.41. The Morgan fingerprint density at radius 2 is 1.74 bits per heavy atom. The molecule has 0 aliphatic rings. The minimum atomic E-state index is -0.596. The van der Waals surface area contributed by atoms with E-state index in [4.69, 9.17) is 39.5 Å². The Hall–Kier alpha value is -3.49. The van der Waals surface area contributed by atoms with Crippen molar-refractivity contribution in [3.8, 4) is 11.8 Å². The molecule has 0 fully saturated rings. The second-order valence-corrected chi connectivity index (χ2v) is 8.61. The first-order valence-electron chi connectivity index (χ1n) is 10.2. The van der Waals surface area contributed by atoms with E-state index in [0.29, 0.717) is 38.7 Å². The van der Waals surface area contributed by atoms with Crippen LogP contribution < -0.4 is 10.1 Å². The number of nitrogens with zero attached hydrogens (tertiary/aromatic N) is 1. The molecule has 0 saturated carbocycles. The molecule has 0 aliphatic carbocycles. The normalized spacial score (nSPS) is 11.2. The van der Waals surface area contributed by atoms with Gasteiger partial charge in [0.05, 0.1) is 10.0 Å². The highest BCUT2D eigenvalue weighted by molar-refractivity contribution is 6.42. The Morgan fingerprint density at radius 3 is 2.53 bits per heavy atom. The summed E-state index contributed by atoms with van der Waals surface area (Å²) in [5.41, 5.74) is 1.82. The maximum Gasteiger partial charge on any atom is 0.266 e. The molecule has 34 heavy (non-hydrogen) atoms. The number of amides is 1. The fraction of sp³-hybridized carbons (Fsp3) is 0.0370. The van der Waals surface area contributed by atoms with Crippen LogP contribution >= 0.6 is 34.8 Å². The van der Waals surface area contributed by atoms with Gasteiger partial charge < -0.3 is 10.1 Å². The number of anilines is 1. The van der Waals surface area contributed by atoms with Crippen LogP contribution in [0.25, 0.3) is 16.8 Å². The number of ether oxygens (including phenoxy) is 1. The SMILES string of the molecule is N#C/C(=C\c1cc(Cl)ccc1OCc1cccc2ccccc12)C(=O)Nc1ccc(Cl)c(Cl)c1. The molecule has 1 N–H and O–H groups in total. The highest BCUT2D eigenvalue weighted by atomic mass is 35.5. The molecular formula is C27H17Cl3N2O2. The average Bonchev–Trinajstić information content (AvgIpc) is 2.84. The van der Waals surface area contributed by atoms with Crippen molar-refractivity contribution in [2.75, 3.05) is 5.32 Å². The lowest BCUT2D eigenvalue weighted by Gasteiger charge is -2.12. The fourth-order valence-corrected chi connectivity index (χ4v) is 3.89. The number of fused-ring (bicyclic) bond motifs is 1. The smallest absolute Gasteiger partial charge is 0.266 e. The number of carbonyl (C=O) groups excluding carboxylic acids is 1. The zero-order chi connectivity index (χ0) is 24.1. The van der Waals surface area contributed by atoms with Crippen LogP contribution in [0.4, 0.5) is 5.69 Å². The molecule has 4 nitrogen and oxygen atoms in total. The first kappa shape index (κ1) is 23.7. The molecule has 1 amide bonds. The van der Waals surface area contributed by atoms with Crippen LogP contribution in [0.3, 0.4) is 0 Å². The first-order valence-corrected chi connectivity index (χ1v) is 11.3. The van der Waals surface area contributed by atoms with Gasteiger partial charge in [-0.15, -0.1) is 0 Å². The largest absolute Gasteiger partial charge is 0.488 e. The van der Waals surface area contributed by atoms with Crippen LogP contribution in [0.5, 0.6) is 5.75 Å². The molecule has 168 valence electrons. The topological polar surface area (TPSA) is 62.1 Å². The lowest BCUT2D eigenvalue weighted by molar-refractivity contribution is -0.112. The van der Waals surface area contributed by atoms with Gasteiger partial charge in [0.2, 0.25) is 0 Å². The monoisotopic (exact) mass is 506 g/mol. The lowest BCUT2D eigenvalue weighted by Crippen LogP contribution is -2.13. The van der Waals surface area contributed by atoms with Gasteiger partial charge in [-0.25, -0.2) is 0 Å². The minimum Gasteiger partial charge on any atom is -0.488 e. The highest BCUT2D eigenvalue weighted by Gasteiger charge is 2.13. The number of benzene rings is 4. The predicted molar refractivity (Wildman–Crippen MR) is 138 cm³/mol. The number of hydrogen-bond acceptors (Lipinski definition) is 3. The van der Waals surface area contributed by atoms with E-state index in [0.717, 1.165) is 16.3 Å². The van der Waals surface area contributed by atoms with Crippen molar-refractivity contribution in [3.63, 3.8) is 0 Å². The number of carbonyl (C=O) groups is 1. The number of nitrogens with one attached hydrogen (secondary N) is 1. The molecule has 4 aromatic rings. The summed E-state index contributed by atoms with van der Waals surface area (Å²) >= 11 is 18.1. The lowest BCUT2D eigenvalue weighted by atomic mass is 10.1. The Balaban J connectivity index is 1.59. The van der Waals surface area contributed by atoms with Crippen molar-refractivity contribution >= 4 is 63.2 Å². The number of halogens is 3. The molecule has 0 spiro atoms. The molecule has 4 rings (SSSR count). The summed E-state index contributed by atoms with van der Waals surface area (Å²) in [4.78, 5) is 12.7. The van der Waals surface area contributed by atoms with Crippen molar-refractivity contribution in [1.29, 1.82) is 5.26 Å². The maximum absolute atomic E-state index is 12.7.